The van der Waals surface area contributed by atoms with Crippen molar-refractivity contribution in [1.29, 1.82) is 0 Å². The Balaban J connectivity index is 1.70. The van der Waals surface area contributed by atoms with E-state index in [1.165, 1.54) is 13.2 Å². The summed E-state index contributed by atoms with van der Waals surface area (Å²) in [7, 11) is -1.57. The van der Waals surface area contributed by atoms with Gasteiger partial charge in [-0.1, -0.05) is 0 Å². The minimum absolute atomic E-state index is 0.0884. The molecule has 2 aliphatic rings. The lowest BCUT2D eigenvalue weighted by atomic mass is 10.1. The van der Waals surface area contributed by atoms with Crippen LogP contribution in [0.15, 0.2) is 12.1 Å². The molecule has 2 aromatic rings. The maximum absolute atomic E-state index is 13.6. The summed E-state index contributed by atoms with van der Waals surface area (Å²) in [5.74, 6) is -1.55. The fourth-order valence-corrected chi connectivity index (χ4v) is 5.30. The van der Waals surface area contributed by atoms with Crippen LogP contribution in [0.1, 0.15) is 25.7 Å². The van der Waals surface area contributed by atoms with Crippen molar-refractivity contribution in [2.24, 2.45) is 0 Å². The van der Waals surface area contributed by atoms with Crippen LogP contribution in [-0.4, -0.2) is 67.2 Å². The highest BCUT2D eigenvalue weighted by atomic mass is 32.2. The van der Waals surface area contributed by atoms with E-state index in [9.17, 15) is 22.3 Å². The average Bonchev–Trinajstić information content (AvgIpc) is 2.69. The molecule has 11 heteroatoms. The number of rotatable bonds is 4. The minimum atomic E-state index is -3.01. The van der Waals surface area contributed by atoms with Crippen molar-refractivity contribution in [3.05, 3.63) is 12.1 Å². The van der Waals surface area contributed by atoms with Crippen LogP contribution in [0.4, 0.5) is 20.5 Å². The van der Waals surface area contributed by atoms with Gasteiger partial charge in [0.1, 0.15) is 15.7 Å². The number of hydrogen-bond donors (Lipinski definition) is 2. The van der Waals surface area contributed by atoms with Crippen LogP contribution >= 0.6 is 0 Å². The highest BCUT2D eigenvalue weighted by Gasteiger charge is 2.35. The lowest BCUT2D eigenvalue weighted by molar-refractivity contribution is -0.0222. The number of aromatic nitrogens is 2. The lowest BCUT2D eigenvalue weighted by Crippen LogP contribution is -2.40. The van der Waals surface area contributed by atoms with Crippen molar-refractivity contribution in [3.8, 4) is 11.5 Å². The molecule has 0 radical (unpaired) electrons. The number of methoxy groups -OCH3 is 1. The summed E-state index contributed by atoms with van der Waals surface area (Å²) in [4.78, 5) is 10.8. The predicted octanol–water partition coefficient (Wildman–Crippen LogP) is 2.57. The number of fused-ring (bicyclic) bond motifs is 1. The second-order valence-corrected chi connectivity index (χ2v) is 10.1. The molecule has 2 aliphatic heterocycles. The molecule has 1 aromatic heterocycles. The number of benzene rings is 1. The molecule has 0 spiro atoms. The molecule has 0 atom stereocenters. The predicted molar refractivity (Wildman–Crippen MR) is 109 cm³/mol. The summed E-state index contributed by atoms with van der Waals surface area (Å²) in [6, 6.07) is 2.97. The molecule has 2 fully saturated rings. The van der Waals surface area contributed by atoms with E-state index in [4.69, 9.17) is 4.74 Å². The maximum Gasteiger partial charge on any atom is 0.251 e. The minimum Gasteiger partial charge on any atom is -0.504 e. The highest BCUT2D eigenvalue weighted by Crippen LogP contribution is 2.36. The number of ether oxygens (including phenoxy) is 1. The molecule has 0 bridgehead atoms. The number of phenolic OH excluding ortho intramolecular Hbond substituents is 1. The number of halogens is 2. The number of phenols is 1. The molecule has 8 nitrogen and oxygen atoms in total. The fourth-order valence-electron chi connectivity index (χ4n) is 3.81. The van der Waals surface area contributed by atoms with Gasteiger partial charge in [-0.05, 0) is 18.9 Å². The van der Waals surface area contributed by atoms with Crippen molar-refractivity contribution >= 4 is 32.5 Å². The molecule has 0 unspecified atom stereocenters. The van der Waals surface area contributed by atoms with E-state index in [0.717, 1.165) is 0 Å². The number of piperidine rings is 1. The quantitative estimate of drug-likeness (QED) is 0.745. The van der Waals surface area contributed by atoms with Crippen molar-refractivity contribution in [1.82, 2.24) is 9.97 Å². The van der Waals surface area contributed by atoms with Crippen LogP contribution in [0.5, 0.6) is 11.5 Å². The Hall–Kier alpha value is -2.43. The Morgan fingerprint density at radius 2 is 1.87 bits per heavy atom. The van der Waals surface area contributed by atoms with Crippen LogP contribution < -0.4 is 15.0 Å². The third-order valence-corrected chi connectivity index (χ3v) is 7.37. The van der Waals surface area contributed by atoms with Gasteiger partial charge in [-0.25, -0.2) is 22.2 Å². The second-order valence-electron chi connectivity index (χ2n) is 7.83. The maximum atomic E-state index is 13.6. The van der Waals surface area contributed by atoms with E-state index in [1.54, 1.807) is 11.0 Å². The van der Waals surface area contributed by atoms with E-state index < -0.39 is 15.8 Å². The normalized spacial score (nSPS) is 21.5. The molecule has 1 aromatic carbocycles. The molecule has 2 N–H and O–H groups in total. The number of hydrogen-bond acceptors (Lipinski definition) is 8. The monoisotopic (exact) mass is 442 g/mol. The molecular formula is C19H24F2N4O4S. The first-order valence-corrected chi connectivity index (χ1v) is 11.7. The van der Waals surface area contributed by atoms with Crippen LogP contribution in [-0.2, 0) is 9.84 Å². The number of nitrogens with zero attached hydrogens (tertiary/aromatic N) is 3. The summed E-state index contributed by atoms with van der Waals surface area (Å²) in [6.07, 6.45) is 0.361. The van der Waals surface area contributed by atoms with Gasteiger partial charge in [-0.2, -0.15) is 4.98 Å². The highest BCUT2D eigenvalue weighted by molar-refractivity contribution is 7.91. The summed E-state index contributed by atoms with van der Waals surface area (Å²) in [6.45, 7) is 0.253. The van der Waals surface area contributed by atoms with Gasteiger partial charge < -0.3 is 20.1 Å². The molecule has 4 rings (SSSR count). The Morgan fingerprint density at radius 1 is 1.20 bits per heavy atom. The summed E-state index contributed by atoms with van der Waals surface area (Å²) >= 11 is 0. The first-order chi connectivity index (χ1) is 14.2. The number of anilines is 2. The van der Waals surface area contributed by atoms with Crippen LogP contribution in [0, 0.1) is 0 Å². The van der Waals surface area contributed by atoms with E-state index in [1.807, 2.05) is 0 Å². The van der Waals surface area contributed by atoms with Crippen LogP contribution in [0.3, 0.4) is 0 Å². The number of aromatic hydroxyl groups is 1. The van der Waals surface area contributed by atoms with Gasteiger partial charge in [0.05, 0.1) is 24.1 Å². The van der Waals surface area contributed by atoms with E-state index >= 15 is 0 Å². The van der Waals surface area contributed by atoms with Gasteiger partial charge >= 0.3 is 0 Å². The molecule has 0 amide bonds. The Morgan fingerprint density at radius 3 is 2.50 bits per heavy atom. The Bertz CT molecular complexity index is 1040. The lowest BCUT2D eigenvalue weighted by Gasteiger charge is -2.32. The summed E-state index contributed by atoms with van der Waals surface area (Å²) < 4.78 is 55.8. The average molecular weight is 442 g/mol. The zero-order valence-corrected chi connectivity index (χ0v) is 17.4. The molecule has 0 saturated carbocycles. The Labute approximate surface area is 173 Å². The summed E-state index contributed by atoms with van der Waals surface area (Å²) in [5, 5.41) is 14.1. The second kappa shape index (κ2) is 7.68. The molecule has 0 aliphatic carbocycles. The smallest absolute Gasteiger partial charge is 0.251 e. The standard InChI is InChI=1S/C19H24F2N4O4S/c1-29-16-10-13-14(11-15(16)26)23-18(25-6-4-19(20,21)5-7-25)24-17(13)22-12-2-8-30(27,28)9-3-12/h10-12,26H,2-9H2,1H3,(H,22,23,24). The molecule has 164 valence electrons. The molecule has 2 saturated heterocycles. The van der Waals surface area contributed by atoms with Crippen LogP contribution in [0.25, 0.3) is 10.9 Å². The first-order valence-electron chi connectivity index (χ1n) is 9.84. The third-order valence-electron chi connectivity index (χ3n) is 5.66. The zero-order chi connectivity index (χ0) is 21.5. The molecular weight excluding hydrogens is 418 g/mol. The van der Waals surface area contributed by atoms with Gasteiger partial charge in [-0.15, -0.1) is 0 Å². The van der Waals surface area contributed by atoms with Crippen molar-refractivity contribution in [2.45, 2.75) is 37.6 Å². The fraction of sp³-hybridized carbons (Fsp3) is 0.579. The molecule has 30 heavy (non-hydrogen) atoms. The van der Waals surface area contributed by atoms with E-state index in [-0.39, 0.29) is 55.0 Å². The largest absolute Gasteiger partial charge is 0.504 e. The van der Waals surface area contributed by atoms with Gasteiger partial charge in [0.2, 0.25) is 5.95 Å². The van der Waals surface area contributed by atoms with Gasteiger partial charge in [0, 0.05) is 43.4 Å². The van der Waals surface area contributed by atoms with Crippen LogP contribution in [0.2, 0.25) is 0 Å². The van der Waals surface area contributed by atoms with Crippen molar-refractivity contribution in [3.63, 3.8) is 0 Å². The topological polar surface area (TPSA) is 105 Å². The van der Waals surface area contributed by atoms with Gasteiger partial charge in [0.25, 0.3) is 5.92 Å². The molecule has 3 heterocycles. The number of nitrogens with one attached hydrogen (secondary N) is 1. The number of alkyl halides is 2. The van der Waals surface area contributed by atoms with Gasteiger partial charge in [0.15, 0.2) is 11.5 Å². The Kier molecular flexibility index (Phi) is 5.33. The first kappa shape index (κ1) is 20.8. The zero-order valence-electron chi connectivity index (χ0n) is 16.6. The van der Waals surface area contributed by atoms with E-state index in [0.29, 0.717) is 35.5 Å². The van der Waals surface area contributed by atoms with Crippen molar-refractivity contribution < 1.29 is 27.0 Å². The van der Waals surface area contributed by atoms with E-state index in [2.05, 4.69) is 15.3 Å². The number of sulfone groups is 1. The van der Waals surface area contributed by atoms with Gasteiger partial charge in [-0.3, -0.25) is 0 Å². The SMILES string of the molecule is COc1cc2c(NC3CCS(=O)(=O)CC3)nc(N3CCC(F)(F)CC3)nc2cc1O. The third kappa shape index (κ3) is 4.35. The van der Waals surface area contributed by atoms with Crippen molar-refractivity contribution in [2.75, 3.05) is 41.9 Å². The summed E-state index contributed by atoms with van der Waals surface area (Å²) in [5.41, 5.74) is 0.446.